The Morgan fingerprint density at radius 1 is 1.22 bits per heavy atom. The minimum atomic E-state index is 0.362. The van der Waals surface area contributed by atoms with Crippen molar-refractivity contribution in [2.24, 2.45) is 0 Å². The van der Waals surface area contributed by atoms with Gasteiger partial charge in [0.2, 0.25) is 0 Å². The van der Waals surface area contributed by atoms with Crippen molar-refractivity contribution in [2.45, 2.75) is 13.5 Å². The third-order valence-electron chi connectivity index (χ3n) is 2.22. The highest BCUT2D eigenvalue weighted by molar-refractivity contribution is 6.29. The van der Waals surface area contributed by atoms with Gasteiger partial charge >= 0.3 is 0 Å². The molecule has 0 aliphatic carbocycles. The molecule has 0 fully saturated rings. The van der Waals surface area contributed by atoms with Gasteiger partial charge in [0, 0.05) is 18.4 Å². The average Bonchev–Trinajstić information content (AvgIpc) is 2.37. The zero-order valence-corrected chi connectivity index (χ0v) is 10.8. The van der Waals surface area contributed by atoms with Crippen LogP contribution in [-0.4, -0.2) is 16.6 Å². The fraction of sp³-hybridized carbons (Fsp3) is 0.231. The molecule has 0 spiro atoms. The Bertz CT molecular complexity index is 505. The number of hydrogen-bond acceptors (Lipinski definition) is 4. The zero-order chi connectivity index (χ0) is 12.8. The summed E-state index contributed by atoms with van der Waals surface area (Å²) < 4.78 is 5.27. The van der Waals surface area contributed by atoms with E-state index in [-0.39, 0.29) is 0 Å². The molecule has 0 unspecified atom stereocenters. The first kappa shape index (κ1) is 12.8. The Hall–Kier alpha value is -1.65. The molecule has 2 aromatic rings. The minimum absolute atomic E-state index is 0.362. The van der Waals surface area contributed by atoms with E-state index in [9.17, 15) is 0 Å². The summed E-state index contributed by atoms with van der Waals surface area (Å²) in [7, 11) is 0. The summed E-state index contributed by atoms with van der Waals surface area (Å²) in [5.41, 5.74) is 0.953. The Balaban J connectivity index is 2.15. The van der Waals surface area contributed by atoms with Crippen molar-refractivity contribution >= 4 is 23.1 Å². The first-order chi connectivity index (χ1) is 8.78. The van der Waals surface area contributed by atoms with Crippen molar-refractivity contribution in [3.8, 4) is 0 Å². The third kappa shape index (κ3) is 3.68. The van der Waals surface area contributed by atoms with Crippen LogP contribution in [0.4, 0.5) is 11.5 Å². The van der Waals surface area contributed by atoms with Crippen LogP contribution in [0.2, 0.25) is 5.15 Å². The smallest absolute Gasteiger partial charge is 0.158 e. The molecule has 0 aliphatic rings. The largest absolute Gasteiger partial charge is 0.374 e. The van der Waals surface area contributed by atoms with Gasteiger partial charge in [-0.2, -0.15) is 0 Å². The molecule has 1 N–H and O–H groups in total. The SMILES string of the molecule is CCOCc1nc(Cl)cc(Nc2ccccc2)n1. The van der Waals surface area contributed by atoms with Crippen LogP contribution in [0.15, 0.2) is 36.4 Å². The van der Waals surface area contributed by atoms with E-state index in [1.165, 1.54) is 0 Å². The molecule has 1 aromatic heterocycles. The molecule has 4 nitrogen and oxygen atoms in total. The highest BCUT2D eigenvalue weighted by Gasteiger charge is 2.03. The standard InChI is InChI=1S/C13H14ClN3O/c1-2-18-9-13-16-11(14)8-12(17-13)15-10-6-4-3-5-7-10/h3-8H,2,9H2,1H3,(H,15,16,17). The van der Waals surface area contributed by atoms with Gasteiger partial charge in [-0.25, -0.2) is 9.97 Å². The Morgan fingerprint density at radius 3 is 2.72 bits per heavy atom. The molecular weight excluding hydrogens is 250 g/mol. The van der Waals surface area contributed by atoms with Crippen LogP contribution >= 0.6 is 11.6 Å². The molecule has 0 radical (unpaired) electrons. The third-order valence-corrected chi connectivity index (χ3v) is 2.42. The lowest BCUT2D eigenvalue weighted by Gasteiger charge is -2.07. The second-order valence-corrected chi connectivity index (χ2v) is 4.01. The predicted molar refractivity (Wildman–Crippen MR) is 72.1 cm³/mol. The van der Waals surface area contributed by atoms with Gasteiger partial charge < -0.3 is 10.1 Å². The van der Waals surface area contributed by atoms with Crippen LogP contribution in [0.5, 0.6) is 0 Å². The molecule has 0 saturated heterocycles. The summed E-state index contributed by atoms with van der Waals surface area (Å²) in [6, 6.07) is 11.5. The lowest BCUT2D eigenvalue weighted by molar-refractivity contribution is 0.128. The number of rotatable bonds is 5. The molecule has 1 aromatic carbocycles. The molecule has 0 bridgehead atoms. The first-order valence-electron chi connectivity index (χ1n) is 5.71. The Morgan fingerprint density at radius 2 is 2.00 bits per heavy atom. The van der Waals surface area contributed by atoms with Gasteiger partial charge in [0.15, 0.2) is 5.82 Å². The predicted octanol–water partition coefficient (Wildman–Crippen LogP) is 3.41. The van der Waals surface area contributed by atoms with Crippen molar-refractivity contribution < 1.29 is 4.74 Å². The molecular formula is C13H14ClN3O. The van der Waals surface area contributed by atoms with E-state index in [0.29, 0.717) is 30.0 Å². The summed E-state index contributed by atoms with van der Waals surface area (Å²) in [6.07, 6.45) is 0. The fourth-order valence-corrected chi connectivity index (χ4v) is 1.66. The molecule has 2 rings (SSSR count). The first-order valence-corrected chi connectivity index (χ1v) is 6.09. The number of nitrogens with zero attached hydrogens (tertiary/aromatic N) is 2. The normalized spacial score (nSPS) is 10.3. The summed E-state index contributed by atoms with van der Waals surface area (Å²) in [4.78, 5) is 8.44. The average molecular weight is 264 g/mol. The number of nitrogens with one attached hydrogen (secondary N) is 1. The highest BCUT2D eigenvalue weighted by atomic mass is 35.5. The van der Waals surface area contributed by atoms with Crippen molar-refractivity contribution in [3.05, 3.63) is 47.4 Å². The van der Waals surface area contributed by atoms with E-state index in [1.54, 1.807) is 6.07 Å². The van der Waals surface area contributed by atoms with Gasteiger partial charge in [0.25, 0.3) is 0 Å². The summed E-state index contributed by atoms with van der Waals surface area (Å²) in [6.45, 7) is 2.91. The zero-order valence-electron chi connectivity index (χ0n) is 10.1. The van der Waals surface area contributed by atoms with Crippen molar-refractivity contribution in [1.82, 2.24) is 9.97 Å². The van der Waals surface area contributed by atoms with Gasteiger partial charge in [-0.15, -0.1) is 0 Å². The quantitative estimate of drug-likeness (QED) is 0.840. The van der Waals surface area contributed by atoms with Gasteiger partial charge in [-0.05, 0) is 19.1 Å². The lowest BCUT2D eigenvalue weighted by atomic mass is 10.3. The van der Waals surface area contributed by atoms with Crippen LogP contribution in [0.25, 0.3) is 0 Å². The van der Waals surface area contributed by atoms with E-state index in [0.717, 1.165) is 5.69 Å². The van der Waals surface area contributed by atoms with Crippen LogP contribution in [-0.2, 0) is 11.3 Å². The highest BCUT2D eigenvalue weighted by Crippen LogP contribution is 2.17. The number of benzene rings is 1. The maximum absolute atomic E-state index is 5.95. The molecule has 18 heavy (non-hydrogen) atoms. The maximum Gasteiger partial charge on any atom is 0.158 e. The van der Waals surface area contributed by atoms with E-state index < -0.39 is 0 Å². The van der Waals surface area contributed by atoms with Crippen LogP contribution in [0.3, 0.4) is 0 Å². The number of para-hydroxylation sites is 1. The van der Waals surface area contributed by atoms with E-state index in [4.69, 9.17) is 16.3 Å². The maximum atomic E-state index is 5.95. The number of anilines is 2. The number of aromatic nitrogens is 2. The summed E-state index contributed by atoms with van der Waals surface area (Å²) in [5, 5.41) is 3.57. The van der Waals surface area contributed by atoms with E-state index in [1.807, 2.05) is 37.3 Å². The second kappa shape index (κ2) is 6.33. The Kier molecular flexibility index (Phi) is 4.50. The summed E-state index contributed by atoms with van der Waals surface area (Å²) in [5.74, 6) is 1.23. The molecule has 0 aliphatic heterocycles. The van der Waals surface area contributed by atoms with Crippen molar-refractivity contribution in [2.75, 3.05) is 11.9 Å². The topological polar surface area (TPSA) is 47.0 Å². The molecule has 0 atom stereocenters. The molecule has 0 saturated carbocycles. The molecule has 94 valence electrons. The van der Waals surface area contributed by atoms with Gasteiger partial charge in [-0.3, -0.25) is 0 Å². The van der Waals surface area contributed by atoms with Crippen molar-refractivity contribution in [3.63, 3.8) is 0 Å². The number of hydrogen-bond donors (Lipinski definition) is 1. The van der Waals surface area contributed by atoms with Crippen LogP contribution in [0, 0.1) is 0 Å². The van der Waals surface area contributed by atoms with E-state index in [2.05, 4.69) is 15.3 Å². The fourth-order valence-electron chi connectivity index (χ4n) is 1.46. The van der Waals surface area contributed by atoms with Gasteiger partial charge in [0.05, 0.1) is 0 Å². The number of halogens is 1. The van der Waals surface area contributed by atoms with Crippen LogP contribution < -0.4 is 5.32 Å². The van der Waals surface area contributed by atoms with Crippen LogP contribution in [0.1, 0.15) is 12.7 Å². The Labute approximate surface area is 111 Å². The van der Waals surface area contributed by atoms with Gasteiger partial charge in [0.1, 0.15) is 17.6 Å². The van der Waals surface area contributed by atoms with Gasteiger partial charge in [-0.1, -0.05) is 29.8 Å². The molecule has 1 heterocycles. The summed E-state index contributed by atoms with van der Waals surface area (Å²) >= 11 is 5.95. The number of ether oxygens (including phenoxy) is 1. The lowest BCUT2D eigenvalue weighted by Crippen LogP contribution is -2.02. The molecule has 0 amide bonds. The van der Waals surface area contributed by atoms with Crippen molar-refractivity contribution in [1.29, 1.82) is 0 Å². The molecule has 5 heteroatoms. The van der Waals surface area contributed by atoms with E-state index >= 15 is 0 Å². The monoisotopic (exact) mass is 263 g/mol. The minimum Gasteiger partial charge on any atom is -0.374 e. The second-order valence-electron chi connectivity index (χ2n) is 3.62.